The Morgan fingerprint density at radius 1 is 1.13 bits per heavy atom. The van der Waals surface area contributed by atoms with Crippen LogP contribution in [0, 0.1) is 0 Å². The van der Waals surface area contributed by atoms with Gasteiger partial charge in [-0.15, -0.1) is 11.8 Å². The van der Waals surface area contributed by atoms with Crippen molar-refractivity contribution in [3.8, 4) is 5.75 Å². The number of carbonyl (C=O) groups is 2. The zero-order valence-corrected chi connectivity index (χ0v) is 13.8. The molecule has 0 aromatic heterocycles. The van der Waals surface area contributed by atoms with Crippen LogP contribution in [0.5, 0.6) is 5.75 Å². The highest BCUT2D eigenvalue weighted by molar-refractivity contribution is 8.00. The third-order valence-electron chi connectivity index (χ3n) is 3.07. The molecule has 0 saturated carbocycles. The van der Waals surface area contributed by atoms with Crippen LogP contribution in [0.3, 0.4) is 0 Å². The Labute approximate surface area is 139 Å². The summed E-state index contributed by atoms with van der Waals surface area (Å²) in [6.07, 6.45) is 0. The minimum Gasteiger partial charge on any atom is -0.497 e. The summed E-state index contributed by atoms with van der Waals surface area (Å²) in [7, 11) is 3.19. The van der Waals surface area contributed by atoms with E-state index in [0.29, 0.717) is 17.0 Å². The first kappa shape index (κ1) is 16.9. The summed E-state index contributed by atoms with van der Waals surface area (Å²) in [5.74, 6) is 0.798. The number of hydrogen-bond donors (Lipinski definition) is 2. The molecule has 2 amide bonds. The van der Waals surface area contributed by atoms with Crippen LogP contribution in [0.15, 0.2) is 53.4 Å². The average molecular weight is 330 g/mol. The molecular formula is C17H18N2O3S. The Morgan fingerprint density at radius 2 is 1.87 bits per heavy atom. The lowest BCUT2D eigenvalue weighted by Crippen LogP contribution is -2.18. The lowest BCUT2D eigenvalue weighted by molar-refractivity contribution is -0.113. The Bertz CT molecular complexity index is 686. The molecule has 0 radical (unpaired) electrons. The maximum absolute atomic E-state index is 12.0. The molecule has 5 nitrogen and oxygen atoms in total. The van der Waals surface area contributed by atoms with Crippen molar-refractivity contribution < 1.29 is 14.3 Å². The summed E-state index contributed by atoms with van der Waals surface area (Å²) in [6, 6.07) is 14.3. The second kappa shape index (κ2) is 8.24. The topological polar surface area (TPSA) is 67.4 Å². The molecule has 0 saturated heterocycles. The van der Waals surface area contributed by atoms with Crippen molar-refractivity contribution in [2.45, 2.75) is 4.90 Å². The SMILES string of the molecule is CNC(=O)c1ccc(NC(=O)CSc2cccc(OC)c2)cc1. The zero-order valence-electron chi connectivity index (χ0n) is 13.0. The van der Waals surface area contributed by atoms with Crippen molar-refractivity contribution in [1.29, 1.82) is 0 Å². The van der Waals surface area contributed by atoms with Crippen molar-refractivity contribution in [2.24, 2.45) is 0 Å². The highest BCUT2D eigenvalue weighted by Crippen LogP contribution is 2.23. The van der Waals surface area contributed by atoms with Gasteiger partial charge in [-0.1, -0.05) is 6.07 Å². The van der Waals surface area contributed by atoms with Crippen molar-refractivity contribution in [3.05, 3.63) is 54.1 Å². The number of benzene rings is 2. The third kappa shape index (κ3) is 5.03. The molecule has 23 heavy (non-hydrogen) atoms. The molecular weight excluding hydrogens is 312 g/mol. The van der Waals surface area contributed by atoms with Gasteiger partial charge in [-0.2, -0.15) is 0 Å². The van der Waals surface area contributed by atoms with Gasteiger partial charge in [0.2, 0.25) is 5.91 Å². The molecule has 0 heterocycles. The van der Waals surface area contributed by atoms with E-state index < -0.39 is 0 Å². The smallest absolute Gasteiger partial charge is 0.251 e. The predicted octanol–water partition coefficient (Wildman–Crippen LogP) is 2.79. The van der Waals surface area contributed by atoms with Crippen LogP contribution < -0.4 is 15.4 Å². The molecule has 0 bridgehead atoms. The summed E-state index contributed by atoms with van der Waals surface area (Å²) in [4.78, 5) is 24.4. The van der Waals surface area contributed by atoms with Gasteiger partial charge in [-0.05, 0) is 42.5 Å². The Balaban J connectivity index is 1.88. The molecule has 0 atom stereocenters. The molecule has 2 N–H and O–H groups in total. The second-order valence-electron chi connectivity index (χ2n) is 4.67. The number of amides is 2. The summed E-state index contributed by atoms with van der Waals surface area (Å²) >= 11 is 1.43. The van der Waals surface area contributed by atoms with Crippen LogP contribution in [0.4, 0.5) is 5.69 Å². The van der Waals surface area contributed by atoms with E-state index in [1.807, 2.05) is 24.3 Å². The van der Waals surface area contributed by atoms with E-state index in [0.717, 1.165) is 10.6 Å². The van der Waals surface area contributed by atoms with Gasteiger partial charge in [0.25, 0.3) is 5.91 Å². The predicted molar refractivity (Wildman–Crippen MR) is 92.2 cm³/mol. The summed E-state index contributed by atoms with van der Waals surface area (Å²) in [5.41, 5.74) is 1.21. The number of nitrogens with one attached hydrogen (secondary N) is 2. The third-order valence-corrected chi connectivity index (χ3v) is 4.06. The Morgan fingerprint density at radius 3 is 2.52 bits per heavy atom. The molecule has 0 unspecified atom stereocenters. The summed E-state index contributed by atoms with van der Waals surface area (Å²) in [5, 5.41) is 5.35. The maximum Gasteiger partial charge on any atom is 0.251 e. The second-order valence-corrected chi connectivity index (χ2v) is 5.72. The summed E-state index contributed by atoms with van der Waals surface area (Å²) < 4.78 is 5.15. The fourth-order valence-corrected chi connectivity index (χ4v) is 2.63. The van der Waals surface area contributed by atoms with Crippen molar-refractivity contribution in [3.63, 3.8) is 0 Å². The quantitative estimate of drug-likeness (QED) is 0.799. The maximum atomic E-state index is 12.0. The van der Waals surface area contributed by atoms with Gasteiger partial charge in [-0.25, -0.2) is 0 Å². The van der Waals surface area contributed by atoms with Crippen LogP contribution >= 0.6 is 11.8 Å². The Kier molecular flexibility index (Phi) is 6.05. The number of rotatable bonds is 6. The lowest BCUT2D eigenvalue weighted by atomic mass is 10.2. The molecule has 0 aliphatic rings. The fourth-order valence-electron chi connectivity index (χ4n) is 1.89. The minimum atomic E-state index is -0.156. The number of ether oxygens (including phenoxy) is 1. The van der Waals surface area contributed by atoms with E-state index in [1.165, 1.54) is 11.8 Å². The molecule has 2 aromatic carbocycles. The lowest BCUT2D eigenvalue weighted by Gasteiger charge is -2.07. The average Bonchev–Trinajstić information content (AvgIpc) is 2.60. The van der Waals surface area contributed by atoms with Gasteiger partial charge in [0, 0.05) is 23.2 Å². The first-order valence-electron chi connectivity index (χ1n) is 7.01. The Hall–Kier alpha value is -2.47. The molecule has 2 rings (SSSR count). The fraction of sp³-hybridized carbons (Fsp3) is 0.176. The van der Waals surface area contributed by atoms with Crippen LogP contribution in [-0.2, 0) is 4.79 Å². The van der Waals surface area contributed by atoms with Crippen LogP contribution in [0.25, 0.3) is 0 Å². The van der Waals surface area contributed by atoms with Crippen LogP contribution in [0.1, 0.15) is 10.4 Å². The van der Waals surface area contributed by atoms with E-state index in [9.17, 15) is 9.59 Å². The first-order valence-corrected chi connectivity index (χ1v) is 8.00. The van der Waals surface area contributed by atoms with Gasteiger partial charge in [0.1, 0.15) is 5.75 Å². The van der Waals surface area contributed by atoms with Crippen LogP contribution in [-0.4, -0.2) is 31.7 Å². The van der Waals surface area contributed by atoms with E-state index in [-0.39, 0.29) is 11.8 Å². The number of anilines is 1. The monoisotopic (exact) mass is 330 g/mol. The van der Waals surface area contributed by atoms with E-state index >= 15 is 0 Å². The molecule has 0 aliphatic heterocycles. The zero-order chi connectivity index (χ0) is 16.7. The van der Waals surface area contributed by atoms with Crippen molar-refractivity contribution in [2.75, 3.05) is 25.2 Å². The molecule has 0 fully saturated rings. The van der Waals surface area contributed by atoms with Gasteiger partial charge in [0.15, 0.2) is 0 Å². The normalized spacial score (nSPS) is 10.0. The van der Waals surface area contributed by atoms with E-state index in [2.05, 4.69) is 10.6 Å². The molecule has 0 aliphatic carbocycles. The number of hydrogen-bond acceptors (Lipinski definition) is 4. The van der Waals surface area contributed by atoms with Crippen molar-refractivity contribution >= 4 is 29.3 Å². The van der Waals surface area contributed by atoms with E-state index in [4.69, 9.17) is 4.74 Å². The molecule has 2 aromatic rings. The number of methoxy groups -OCH3 is 1. The minimum absolute atomic E-state index is 0.106. The largest absolute Gasteiger partial charge is 0.497 e. The van der Waals surface area contributed by atoms with Gasteiger partial charge < -0.3 is 15.4 Å². The molecule has 6 heteroatoms. The first-order chi connectivity index (χ1) is 11.1. The number of thioether (sulfide) groups is 1. The van der Waals surface area contributed by atoms with E-state index in [1.54, 1.807) is 38.4 Å². The standard InChI is InChI=1S/C17H18N2O3S/c1-18-17(21)12-6-8-13(9-7-12)19-16(20)11-23-15-5-3-4-14(10-15)22-2/h3-10H,11H2,1-2H3,(H,18,21)(H,19,20). The highest BCUT2D eigenvalue weighted by Gasteiger charge is 2.06. The van der Waals surface area contributed by atoms with Crippen LogP contribution in [0.2, 0.25) is 0 Å². The van der Waals surface area contributed by atoms with Gasteiger partial charge >= 0.3 is 0 Å². The van der Waals surface area contributed by atoms with Gasteiger partial charge in [0.05, 0.1) is 12.9 Å². The molecule has 0 spiro atoms. The highest BCUT2D eigenvalue weighted by atomic mass is 32.2. The van der Waals surface area contributed by atoms with Gasteiger partial charge in [-0.3, -0.25) is 9.59 Å². The number of carbonyl (C=O) groups excluding carboxylic acids is 2. The summed E-state index contributed by atoms with van der Waals surface area (Å²) in [6.45, 7) is 0. The van der Waals surface area contributed by atoms with Crippen molar-refractivity contribution in [1.82, 2.24) is 5.32 Å². The molecule has 120 valence electrons.